The van der Waals surface area contributed by atoms with E-state index in [2.05, 4.69) is 58.1 Å². The van der Waals surface area contributed by atoms with E-state index in [1.165, 1.54) is 5.56 Å². The first-order chi connectivity index (χ1) is 12.7. The van der Waals surface area contributed by atoms with E-state index in [9.17, 15) is 0 Å². The van der Waals surface area contributed by atoms with Crippen LogP contribution in [0, 0.1) is 19.3 Å². The Kier molecular flexibility index (Phi) is 7.25. The number of nitrogens with one attached hydrogen (secondary N) is 1. The number of fused-ring (bicyclic) bond motifs is 1. The molecule has 0 aliphatic heterocycles. The van der Waals surface area contributed by atoms with Crippen molar-refractivity contribution in [2.45, 2.75) is 37.6 Å². The molecule has 3 rings (SSSR count). The molecule has 0 atom stereocenters. The predicted molar refractivity (Wildman–Crippen MR) is 112 cm³/mol. The molecule has 3 nitrogen and oxygen atoms in total. The molecule has 1 aromatic carbocycles. The number of nitrogens with zero attached hydrogens (tertiary/aromatic N) is 2. The highest BCUT2D eigenvalue weighted by atomic mass is 32.2. The first-order valence-corrected chi connectivity index (χ1v) is 9.40. The summed E-state index contributed by atoms with van der Waals surface area (Å²) in [7, 11) is 0. The van der Waals surface area contributed by atoms with Gasteiger partial charge in [-0.05, 0) is 38.1 Å². The van der Waals surface area contributed by atoms with Gasteiger partial charge in [-0.15, -0.1) is 6.42 Å². The fourth-order valence-electron chi connectivity index (χ4n) is 2.36. The molecule has 0 unspecified atom stereocenters. The summed E-state index contributed by atoms with van der Waals surface area (Å²) in [5.41, 5.74) is 3.94. The highest BCUT2D eigenvalue weighted by Crippen LogP contribution is 2.32. The van der Waals surface area contributed by atoms with E-state index in [4.69, 9.17) is 6.42 Å². The molecule has 0 bridgehead atoms. The van der Waals surface area contributed by atoms with Crippen molar-refractivity contribution in [2.75, 3.05) is 0 Å². The van der Waals surface area contributed by atoms with Crippen LogP contribution in [0.3, 0.4) is 0 Å². The van der Waals surface area contributed by atoms with Crippen LogP contribution in [0.5, 0.6) is 0 Å². The summed E-state index contributed by atoms with van der Waals surface area (Å²) in [6.45, 7) is 8.04. The number of hydrogen-bond donors (Lipinski definition) is 1. The van der Waals surface area contributed by atoms with Crippen LogP contribution in [0.25, 0.3) is 16.6 Å². The summed E-state index contributed by atoms with van der Waals surface area (Å²) in [6.07, 6.45) is 12.7. The average Bonchev–Trinajstić information content (AvgIpc) is 3.10. The summed E-state index contributed by atoms with van der Waals surface area (Å²) < 4.78 is 0. The van der Waals surface area contributed by atoms with Gasteiger partial charge in [0.2, 0.25) is 0 Å². The van der Waals surface area contributed by atoms with Crippen molar-refractivity contribution < 1.29 is 0 Å². The maximum Gasteiger partial charge on any atom is 0.142 e. The van der Waals surface area contributed by atoms with Gasteiger partial charge in [-0.1, -0.05) is 61.4 Å². The van der Waals surface area contributed by atoms with E-state index in [0.717, 1.165) is 32.2 Å². The lowest BCUT2D eigenvalue weighted by atomic mass is 10.1. The number of allylic oxidation sites excluding steroid dienone is 4. The number of rotatable bonds is 4. The van der Waals surface area contributed by atoms with E-state index in [-0.39, 0.29) is 0 Å². The highest BCUT2D eigenvalue weighted by molar-refractivity contribution is 7.99. The Bertz CT molecular complexity index is 957. The van der Waals surface area contributed by atoms with Gasteiger partial charge in [0, 0.05) is 16.2 Å². The Labute approximate surface area is 159 Å². The van der Waals surface area contributed by atoms with Crippen molar-refractivity contribution in [3.8, 4) is 12.3 Å². The van der Waals surface area contributed by atoms with E-state index in [0.29, 0.717) is 0 Å². The van der Waals surface area contributed by atoms with Gasteiger partial charge in [0.15, 0.2) is 0 Å². The molecule has 3 aromatic rings. The molecule has 2 heterocycles. The molecule has 26 heavy (non-hydrogen) atoms. The topological polar surface area (TPSA) is 41.6 Å². The number of aryl methyl sites for hydroxylation is 1. The number of aromatic amines is 1. The van der Waals surface area contributed by atoms with Crippen LogP contribution in [0.4, 0.5) is 0 Å². The molecule has 1 N–H and O–H groups in total. The van der Waals surface area contributed by atoms with Crippen molar-refractivity contribution in [3.63, 3.8) is 0 Å². The van der Waals surface area contributed by atoms with Gasteiger partial charge in [0.1, 0.15) is 17.0 Å². The number of H-pyrrole nitrogens is 1. The molecule has 0 aliphatic carbocycles. The first-order valence-electron chi connectivity index (χ1n) is 8.59. The molecule has 2 aromatic heterocycles. The summed E-state index contributed by atoms with van der Waals surface area (Å²) >= 11 is 1.63. The quantitative estimate of drug-likeness (QED) is 0.350. The largest absolute Gasteiger partial charge is 0.339 e. The van der Waals surface area contributed by atoms with Gasteiger partial charge < -0.3 is 4.98 Å². The van der Waals surface area contributed by atoms with Crippen molar-refractivity contribution >= 4 is 28.4 Å². The zero-order valence-corrected chi connectivity index (χ0v) is 16.4. The maximum absolute atomic E-state index is 5.43. The Morgan fingerprint density at radius 2 is 1.92 bits per heavy atom. The first kappa shape index (κ1) is 19.6. The van der Waals surface area contributed by atoms with E-state index >= 15 is 0 Å². The van der Waals surface area contributed by atoms with Crippen LogP contribution < -0.4 is 0 Å². The van der Waals surface area contributed by atoms with Gasteiger partial charge in [0.05, 0.1) is 5.39 Å². The van der Waals surface area contributed by atoms with E-state index in [1.54, 1.807) is 24.2 Å². The molecule has 0 spiro atoms. The number of hydrogen-bond acceptors (Lipinski definition) is 3. The zero-order chi connectivity index (χ0) is 18.9. The van der Waals surface area contributed by atoms with Gasteiger partial charge in [-0.2, -0.15) is 0 Å². The van der Waals surface area contributed by atoms with Crippen molar-refractivity contribution in [1.82, 2.24) is 15.0 Å². The molecule has 4 heteroatoms. The van der Waals surface area contributed by atoms with Gasteiger partial charge >= 0.3 is 0 Å². The van der Waals surface area contributed by atoms with Crippen LogP contribution in [-0.4, -0.2) is 15.0 Å². The molecule has 0 radical (unpaired) electrons. The summed E-state index contributed by atoms with van der Waals surface area (Å²) in [6, 6.07) is 10.5. The third kappa shape index (κ3) is 4.65. The van der Waals surface area contributed by atoms with Crippen molar-refractivity contribution in [3.05, 3.63) is 66.1 Å². The Morgan fingerprint density at radius 1 is 1.19 bits per heavy atom. The Morgan fingerprint density at radius 3 is 2.58 bits per heavy atom. The maximum atomic E-state index is 5.43. The summed E-state index contributed by atoms with van der Waals surface area (Å²) in [5, 5.41) is 1.91. The SMILES string of the molecule is C#C/C=C(\C=C/C)c1cc2c(Sc3ccc(C)cc3)ncnc2[nH]1.CC. The lowest BCUT2D eigenvalue weighted by molar-refractivity contribution is 1.09. The van der Waals surface area contributed by atoms with E-state index in [1.807, 2.05) is 32.9 Å². The molecule has 132 valence electrons. The van der Waals surface area contributed by atoms with Gasteiger partial charge in [-0.25, -0.2) is 9.97 Å². The fourth-order valence-corrected chi connectivity index (χ4v) is 3.22. The van der Waals surface area contributed by atoms with Crippen LogP contribution >= 0.6 is 11.8 Å². The van der Waals surface area contributed by atoms with Crippen LogP contribution in [0.2, 0.25) is 0 Å². The second-order valence-corrected chi connectivity index (χ2v) is 6.37. The minimum atomic E-state index is 0.807. The molecular weight excluding hydrogens is 338 g/mol. The molecular formula is C22H23N3S. The molecule has 0 saturated heterocycles. The number of benzene rings is 1. The normalized spacial score (nSPS) is 11.3. The standard InChI is InChI=1S/C20H17N3S.C2H6/c1-4-6-15(7-5-2)18-12-17-19(23-18)21-13-22-20(17)24-16-10-8-14(3)9-11-16;1-2/h1,5-13H,2-3H3,(H,21,22,23);1-2H3/b7-5-,15-6+;. The number of terminal acetylenes is 1. The molecule has 0 amide bonds. The molecule has 0 fully saturated rings. The second-order valence-electron chi connectivity index (χ2n) is 5.31. The van der Waals surface area contributed by atoms with Crippen molar-refractivity contribution in [2.24, 2.45) is 0 Å². The van der Waals surface area contributed by atoms with Crippen LogP contribution in [0.1, 0.15) is 32.0 Å². The Hall–Kier alpha value is -2.77. The number of aromatic nitrogens is 3. The van der Waals surface area contributed by atoms with Crippen molar-refractivity contribution in [1.29, 1.82) is 0 Å². The highest BCUT2D eigenvalue weighted by Gasteiger charge is 2.11. The van der Waals surface area contributed by atoms with Crippen LogP contribution in [-0.2, 0) is 0 Å². The monoisotopic (exact) mass is 361 g/mol. The lowest BCUT2D eigenvalue weighted by Crippen LogP contribution is -1.84. The minimum Gasteiger partial charge on any atom is -0.339 e. The summed E-state index contributed by atoms with van der Waals surface area (Å²) in [5.74, 6) is 2.58. The average molecular weight is 362 g/mol. The third-order valence-corrected chi connectivity index (χ3v) is 4.55. The Balaban J connectivity index is 0.00000117. The minimum absolute atomic E-state index is 0.807. The smallest absolute Gasteiger partial charge is 0.142 e. The van der Waals surface area contributed by atoms with Gasteiger partial charge in [0.25, 0.3) is 0 Å². The molecule has 0 saturated carbocycles. The zero-order valence-electron chi connectivity index (χ0n) is 15.6. The third-order valence-electron chi connectivity index (χ3n) is 3.52. The fraction of sp³-hybridized carbons (Fsp3) is 0.182. The lowest BCUT2D eigenvalue weighted by Gasteiger charge is -2.02. The van der Waals surface area contributed by atoms with Crippen LogP contribution in [0.15, 0.2) is 64.8 Å². The van der Waals surface area contributed by atoms with E-state index < -0.39 is 0 Å². The second kappa shape index (κ2) is 9.65. The summed E-state index contributed by atoms with van der Waals surface area (Å²) in [4.78, 5) is 13.3. The van der Waals surface area contributed by atoms with Gasteiger partial charge in [-0.3, -0.25) is 0 Å². The molecule has 0 aliphatic rings. The predicted octanol–water partition coefficient (Wildman–Crippen LogP) is 6.04.